The van der Waals surface area contributed by atoms with Crippen molar-refractivity contribution in [3.05, 3.63) is 95.2 Å². The number of rotatable bonds is 9. The fourth-order valence-corrected chi connectivity index (χ4v) is 4.11. The Bertz CT molecular complexity index is 1270. The average Bonchev–Trinajstić information content (AvgIpc) is 3.30. The van der Waals surface area contributed by atoms with Gasteiger partial charge >= 0.3 is 0 Å². The quantitative estimate of drug-likeness (QED) is 0.267. The van der Waals surface area contributed by atoms with Crippen molar-refractivity contribution >= 4 is 22.6 Å². The number of anilines is 1. The van der Waals surface area contributed by atoms with E-state index in [1.807, 2.05) is 42.5 Å². The molecule has 4 aromatic rings. The number of methoxy groups -OCH3 is 1. The molecule has 0 radical (unpaired) electrons. The second kappa shape index (κ2) is 10.8. The van der Waals surface area contributed by atoms with E-state index in [4.69, 9.17) is 9.15 Å². The summed E-state index contributed by atoms with van der Waals surface area (Å²) < 4.78 is 11.4. The molecule has 0 saturated carbocycles. The summed E-state index contributed by atoms with van der Waals surface area (Å²) in [5.41, 5.74) is 5.01. The van der Waals surface area contributed by atoms with E-state index in [2.05, 4.69) is 55.7 Å². The van der Waals surface area contributed by atoms with Gasteiger partial charge in [0, 0.05) is 17.6 Å². The average molecular weight is 471 g/mol. The van der Waals surface area contributed by atoms with Crippen LogP contribution in [0, 0.1) is 0 Å². The predicted octanol–water partition coefficient (Wildman–Crippen LogP) is 6.71. The lowest BCUT2D eigenvalue weighted by Crippen LogP contribution is -2.15. The van der Waals surface area contributed by atoms with Crippen LogP contribution in [0.4, 0.5) is 5.69 Å². The van der Waals surface area contributed by atoms with Crippen molar-refractivity contribution in [3.63, 3.8) is 0 Å². The summed E-state index contributed by atoms with van der Waals surface area (Å²) in [6.07, 6.45) is 2.09. The molecule has 0 atom stereocenters. The SMILES string of the molecule is COc1ccc(CNCCCc2ccccc2)c2cc(C(=O)Nc3ccc(C(C)(C)C)cc3)oc12. The van der Waals surface area contributed by atoms with Crippen LogP contribution in [0.15, 0.2) is 77.2 Å². The molecule has 0 saturated heterocycles. The second-order valence-corrected chi connectivity index (χ2v) is 9.83. The van der Waals surface area contributed by atoms with Gasteiger partial charge in [-0.2, -0.15) is 0 Å². The molecule has 182 valence electrons. The Labute approximate surface area is 207 Å². The number of amides is 1. The first-order chi connectivity index (χ1) is 16.8. The van der Waals surface area contributed by atoms with E-state index < -0.39 is 0 Å². The maximum atomic E-state index is 12.9. The summed E-state index contributed by atoms with van der Waals surface area (Å²) in [7, 11) is 1.61. The van der Waals surface area contributed by atoms with Crippen LogP contribution >= 0.6 is 0 Å². The van der Waals surface area contributed by atoms with Crippen LogP contribution in [0.25, 0.3) is 11.0 Å². The molecular formula is C30H34N2O3. The van der Waals surface area contributed by atoms with Crippen molar-refractivity contribution in [3.8, 4) is 5.75 Å². The maximum absolute atomic E-state index is 12.9. The normalized spacial score (nSPS) is 11.5. The third kappa shape index (κ3) is 6.11. The monoisotopic (exact) mass is 470 g/mol. The minimum atomic E-state index is -0.284. The molecule has 2 N–H and O–H groups in total. The van der Waals surface area contributed by atoms with E-state index in [0.29, 0.717) is 17.9 Å². The molecule has 0 fully saturated rings. The van der Waals surface area contributed by atoms with Gasteiger partial charge in [0.1, 0.15) is 0 Å². The minimum Gasteiger partial charge on any atom is -0.493 e. The van der Waals surface area contributed by atoms with Crippen molar-refractivity contribution < 1.29 is 13.9 Å². The highest BCUT2D eigenvalue weighted by molar-refractivity contribution is 6.05. The first-order valence-electron chi connectivity index (χ1n) is 12.1. The van der Waals surface area contributed by atoms with E-state index >= 15 is 0 Å². The Morgan fingerprint density at radius 1 is 0.971 bits per heavy atom. The number of carbonyl (C=O) groups is 1. The van der Waals surface area contributed by atoms with Gasteiger partial charge in [0.15, 0.2) is 17.1 Å². The number of carbonyl (C=O) groups excluding carboxylic acids is 1. The van der Waals surface area contributed by atoms with Crippen LogP contribution in [-0.2, 0) is 18.4 Å². The van der Waals surface area contributed by atoms with Crippen molar-refractivity contribution in [2.75, 3.05) is 19.0 Å². The molecular weight excluding hydrogens is 436 g/mol. The topological polar surface area (TPSA) is 63.5 Å². The van der Waals surface area contributed by atoms with Gasteiger partial charge in [0.05, 0.1) is 7.11 Å². The highest BCUT2D eigenvalue weighted by Gasteiger charge is 2.18. The largest absolute Gasteiger partial charge is 0.493 e. The Kier molecular flexibility index (Phi) is 7.57. The molecule has 0 aliphatic rings. The number of aryl methyl sites for hydroxylation is 1. The van der Waals surface area contributed by atoms with Crippen molar-refractivity contribution in [2.45, 2.75) is 45.6 Å². The molecule has 0 spiro atoms. The van der Waals surface area contributed by atoms with Crippen LogP contribution < -0.4 is 15.4 Å². The summed E-state index contributed by atoms with van der Waals surface area (Å²) in [6, 6.07) is 24.1. The third-order valence-electron chi connectivity index (χ3n) is 6.17. The van der Waals surface area contributed by atoms with Gasteiger partial charge in [-0.1, -0.05) is 69.3 Å². The molecule has 1 aromatic heterocycles. The van der Waals surface area contributed by atoms with Crippen LogP contribution in [0.1, 0.15) is 54.4 Å². The molecule has 3 aromatic carbocycles. The Morgan fingerprint density at radius 2 is 1.71 bits per heavy atom. The standard InChI is InChI=1S/C30H34N2O3/c1-30(2,3)23-13-15-24(16-14-23)32-29(33)27-19-25-22(12-17-26(34-4)28(25)35-27)20-31-18-8-11-21-9-6-5-7-10-21/h5-7,9-10,12-17,19,31H,8,11,18,20H2,1-4H3,(H,32,33). The zero-order valence-corrected chi connectivity index (χ0v) is 21.0. The lowest BCUT2D eigenvalue weighted by molar-refractivity contribution is 0.0998. The van der Waals surface area contributed by atoms with Gasteiger partial charge in [0.2, 0.25) is 0 Å². The minimum absolute atomic E-state index is 0.0593. The molecule has 5 nitrogen and oxygen atoms in total. The summed E-state index contributed by atoms with van der Waals surface area (Å²) >= 11 is 0. The van der Waals surface area contributed by atoms with Crippen molar-refractivity contribution in [2.24, 2.45) is 0 Å². The van der Waals surface area contributed by atoms with Crippen molar-refractivity contribution in [1.82, 2.24) is 5.32 Å². The van der Waals surface area contributed by atoms with Gasteiger partial charge in [-0.05, 0) is 65.8 Å². The molecule has 5 heteroatoms. The zero-order valence-electron chi connectivity index (χ0n) is 21.0. The molecule has 4 rings (SSSR count). The van der Waals surface area contributed by atoms with Crippen LogP contribution in [0.5, 0.6) is 5.75 Å². The number of hydrogen-bond acceptors (Lipinski definition) is 4. The van der Waals surface area contributed by atoms with Crippen LogP contribution in [-0.4, -0.2) is 19.6 Å². The van der Waals surface area contributed by atoms with Gasteiger partial charge in [-0.3, -0.25) is 4.79 Å². The van der Waals surface area contributed by atoms with Crippen LogP contribution in [0.3, 0.4) is 0 Å². The highest BCUT2D eigenvalue weighted by atomic mass is 16.5. The lowest BCUT2D eigenvalue weighted by Gasteiger charge is -2.19. The molecule has 35 heavy (non-hydrogen) atoms. The summed E-state index contributed by atoms with van der Waals surface area (Å²) in [5.74, 6) is 0.588. The number of fused-ring (bicyclic) bond motifs is 1. The predicted molar refractivity (Wildman–Crippen MR) is 142 cm³/mol. The van der Waals surface area contributed by atoms with Gasteiger partial charge in [-0.25, -0.2) is 0 Å². The Balaban J connectivity index is 1.43. The second-order valence-electron chi connectivity index (χ2n) is 9.83. The number of hydrogen-bond donors (Lipinski definition) is 2. The Morgan fingerprint density at radius 3 is 2.40 bits per heavy atom. The summed E-state index contributed by atoms with van der Waals surface area (Å²) in [5, 5.41) is 7.34. The fourth-order valence-electron chi connectivity index (χ4n) is 4.11. The van der Waals surface area contributed by atoms with Gasteiger partial charge in [-0.15, -0.1) is 0 Å². The van der Waals surface area contributed by atoms with E-state index in [1.165, 1.54) is 11.1 Å². The highest BCUT2D eigenvalue weighted by Crippen LogP contribution is 2.32. The van der Waals surface area contributed by atoms with Crippen molar-refractivity contribution in [1.29, 1.82) is 0 Å². The lowest BCUT2D eigenvalue weighted by atomic mass is 9.87. The number of ether oxygens (including phenoxy) is 1. The molecule has 0 aliphatic carbocycles. The van der Waals surface area contributed by atoms with Crippen LogP contribution in [0.2, 0.25) is 0 Å². The number of nitrogens with one attached hydrogen (secondary N) is 2. The number of benzene rings is 3. The molecule has 0 aliphatic heterocycles. The molecule has 0 bridgehead atoms. The third-order valence-corrected chi connectivity index (χ3v) is 6.17. The van der Waals surface area contributed by atoms with E-state index in [9.17, 15) is 4.79 Å². The fraction of sp³-hybridized carbons (Fsp3) is 0.300. The first-order valence-corrected chi connectivity index (χ1v) is 12.1. The molecule has 0 unspecified atom stereocenters. The zero-order chi connectivity index (χ0) is 24.8. The molecule has 1 heterocycles. The van der Waals surface area contributed by atoms with E-state index in [1.54, 1.807) is 13.2 Å². The van der Waals surface area contributed by atoms with E-state index in [-0.39, 0.29) is 17.1 Å². The first kappa shape index (κ1) is 24.6. The van der Waals surface area contributed by atoms with Gasteiger partial charge in [0.25, 0.3) is 5.91 Å². The molecule has 1 amide bonds. The number of furan rings is 1. The van der Waals surface area contributed by atoms with Gasteiger partial charge < -0.3 is 19.8 Å². The Hall–Kier alpha value is -3.57. The van der Waals surface area contributed by atoms with E-state index in [0.717, 1.165) is 36.0 Å². The smallest absolute Gasteiger partial charge is 0.291 e. The summed E-state index contributed by atoms with van der Waals surface area (Å²) in [4.78, 5) is 12.9. The maximum Gasteiger partial charge on any atom is 0.291 e. The summed E-state index contributed by atoms with van der Waals surface area (Å²) in [6.45, 7) is 8.08.